The summed E-state index contributed by atoms with van der Waals surface area (Å²) in [4.78, 5) is 0. The fourth-order valence-electron chi connectivity index (χ4n) is 4.47. The van der Waals surface area contributed by atoms with E-state index in [0.717, 1.165) is 66.3 Å². The first kappa shape index (κ1) is 14.4. The van der Waals surface area contributed by atoms with Gasteiger partial charge in [0.05, 0.1) is 5.56 Å². The summed E-state index contributed by atoms with van der Waals surface area (Å²) in [6.45, 7) is 1.74. The molecule has 0 atom stereocenters. The molecule has 3 aromatic heterocycles. The molecule has 0 saturated heterocycles. The second-order valence-corrected chi connectivity index (χ2v) is 8.05. The molecule has 6 rings (SSSR count). The maximum Gasteiger partial charge on any atom is 0.216 e. The van der Waals surface area contributed by atoms with E-state index in [1.165, 1.54) is 0 Å². The van der Waals surface area contributed by atoms with Gasteiger partial charge in [0, 0.05) is 43.4 Å². The topological polar surface area (TPSA) is 30.2 Å². The Hall–Kier alpha value is -3.59. The van der Waals surface area contributed by atoms with Crippen molar-refractivity contribution in [1.29, 1.82) is 0 Å². The molecule has 0 radical (unpaired) electrons. The first-order valence-corrected chi connectivity index (χ1v) is 10.0. The van der Waals surface area contributed by atoms with Crippen molar-refractivity contribution in [2.75, 3.05) is 0 Å². The molecule has 3 aromatic carbocycles. The lowest BCUT2D eigenvalue weighted by Crippen LogP contribution is -2.31. The zero-order chi connectivity index (χ0) is 23.1. The number of hydrogen-bond donors (Lipinski definition) is 0. The minimum Gasteiger partial charge on any atom is -0.456 e. The third-order valence-corrected chi connectivity index (χ3v) is 6.08. The molecule has 146 valence electrons. The van der Waals surface area contributed by atoms with Crippen LogP contribution in [0.1, 0.15) is 20.8 Å². The van der Waals surface area contributed by atoms with Gasteiger partial charge in [-0.3, -0.25) is 0 Å². The molecule has 3 nitrogen and oxygen atoms in total. The zero-order valence-corrected chi connectivity index (χ0v) is 17.0. The molecule has 30 heavy (non-hydrogen) atoms. The van der Waals surface area contributed by atoms with Crippen LogP contribution in [-0.2, 0) is 7.05 Å². The van der Waals surface area contributed by atoms with Gasteiger partial charge in [-0.2, -0.15) is 0 Å². The van der Waals surface area contributed by atoms with E-state index in [1.54, 1.807) is 6.20 Å². The van der Waals surface area contributed by atoms with E-state index < -0.39 is 6.85 Å². The number of furan rings is 2. The molecule has 0 unspecified atom stereocenters. The molecule has 0 aliphatic heterocycles. The smallest absolute Gasteiger partial charge is 0.216 e. The van der Waals surface area contributed by atoms with Crippen LogP contribution in [0.3, 0.4) is 0 Å². The molecule has 0 aliphatic rings. The molecule has 0 amide bonds. The van der Waals surface area contributed by atoms with Crippen molar-refractivity contribution in [1.82, 2.24) is 0 Å². The highest BCUT2D eigenvalue weighted by molar-refractivity contribution is 6.16. The molecule has 0 N–H and O–H groups in total. The lowest BCUT2D eigenvalue weighted by molar-refractivity contribution is -0.660. The van der Waals surface area contributed by atoms with Gasteiger partial charge < -0.3 is 8.83 Å². The van der Waals surface area contributed by atoms with Crippen LogP contribution >= 0.6 is 0 Å². The van der Waals surface area contributed by atoms with E-state index in [-0.39, 0.29) is 0 Å². The monoisotopic (exact) mass is 395 g/mol. The Balaban J connectivity index is 1.66. The normalized spacial score (nSPS) is 13.9. The molecule has 0 spiro atoms. The lowest BCUT2D eigenvalue weighted by atomic mass is 9.98. The number of aryl methyl sites for hydroxylation is 4. The third kappa shape index (κ3) is 2.29. The molecule has 0 bridgehead atoms. The summed E-state index contributed by atoms with van der Waals surface area (Å²) in [7, 11) is 1.88. The van der Waals surface area contributed by atoms with Crippen molar-refractivity contribution in [3.63, 3.8) is 0 Å². The lowest BCUT2D eigenvalue weighted by Gasteiger charge is -2.07. The van der Waals surface area contributed by atoms with E-state index in [1.807, 2.05) is 55.8 Å². The van der Waals surface area contributed by atoms with E-state index in [0.29, 0.717) is 5.56 Å². The maximum atomic E-state index is 7.84. The van der Waals surface area contributed by atoms with E-state index in [9.17, 15) is 0 Å². The molecule has 0 fully saturated rings. The molecular formula is C27H22NO2+. The minimum absolute atomic E-state index is 0.357. The van der Waals surface area contributed by atoms with Gasteiger partial charge in [0.2, 0.25) is 5.69 Å². The van der Waals surface area contributed by atoms with Gasteiger partial charge in [-0.05, 0) is 44.0 Å². The first-order valence-electron chi connectivity index (χ1n) is 11.5. The second-order valence-electron chi connectivity index (χ2n) is 8.05. The van der Waals surface area contributed by atoms with Crippen LogP contribution in [0, 0.1) is 20.7 Å². The summed E-state index contributed by atoms with van der Waals surface area (Å²) in [5, 5.41) is 4.20. The van der Waals surface area contributed by atoms with Gasteiger partial charge in [0.15, 0.2) is 6.20 Å². The number of rotatable bonds is 1. The number of pyridine rings is 1. The number of para-hydroxylation sites is 1. The highest BCUT2D eigenvalue weighted by atomic mass is 16.3. The van der Waals surface area contributed by atoms with Crippen molar-refractivity contribution in [2.45, 2.75) is 20.7 Å². The predicted octanol–water partition coefficient (Wildman–Crippen LogP) is 6.90. The van der Waals surface area contributed by atoms with Crippen LogP contribution in [0.15, 0.2) is 69.6 Å². The SMILES string of the molecule is [2H]C([2H])([2H])c1c[n+](C)c(-c2c(C)ccc3c2oc2cc4oc5ccccc5c4cc23)cc1C. The quantitative estimate of drug-likeness (QED) is 0.283. The van der Waals surface area contributed by atoms with Crippen molar-refractivity contribution >= 4 is 43.9 Å². The van der Waals surface area contributed by atoms with Crippen LogP contribution in [0.25, 0.3) is 55.1 Å². The van der Waals surface area contributed by atoms with E-state index >= 15 is 0 Å². The number of benzene rings is 3. The van der Waals surface area contributed by atoms with Gasteiger partial charge in [-0.15, -0.1) is 0 Å². The number of aromatic nitrogens is 1. The van der Waals surface area contributed by atoms with Crippen molar-refractivity contribution in [3.05, 3.63) is 77.5 Å². The van der Waals surface area contributed by atoms with Crippen LogP contribution < -0.4 is 4.57 Å². The Kier molecular flexibility index (Phi) is 2.86. The van der Waals surface area contributed by atoms with Crippen molar-refractivity contribution < 1.29 is 17.5 Å². The first-order chi connectivity index (χ1) is 15.7. The second kappa shape index (κ2) is 5.96. The number of hydrogen-bond acceptors (Lipinski definition) is 2. The highest BCUT2D eigenvalue weighted by Crippen LogP contribution is 2.40. The highest BCUT2D eigenvalue weighted by Gasteiger charge is 2.22. The molecule has 3 heteroatoms. The zero-order valence-electron chi connectivity index (χ0n) is 20.0. The van der Waals surface area contributed by atoms with E-state index in [2.05, 4.69) is 24.3 Å². The summed E-state index contributed by atoms with van der Waals surface area (Å²) < 4.78 is 37.9. The van der Waals surface area contributed by atoms with Crippen molar-refractivity contribution in [2.24, 2.45) is 7.05 Å². The van der Waals surface area contributed by atoms with Crippen molar-refractivity contribution in [3.8, 4) is 11.3 Å². The van der Waals surface area contributed by atoms with Gasteiger partial charge in [0.1, 0.15) is 29.4 Å². The fraction of sp³-hybridized carbons (Fsp3) is 0.148. The Morgan fingerprint density at radius 3 is 2.40 bits per heavy atom. The number of fused-ring (bicyclic) bond motifs is 6. The van der Waals surface area contributed by atoms with Gasteiger partial charge in [-0.1, -0.05) is 30.3 Å². The third-order valence-electron chi connectivity index (χ3n) is 6.08. The van der Waals surface area contributed by atoms with Crippen LogP contribution in [0.5, 0.6) is 0 Å². The predicted molar refractivity (Wildman–Crippen MR) is 122 cm³/mol. The summed E-state index contributed by atoms with van der Waals surface area (Å²) in [6.07, 6.45) is 1.71. The summed E-state index contributed by atoms with van der Waals surface area (Å²) in [5.74, 6) is 0. The summed E-state index contributed by atoms with van der Waals surface area (Å²) in [5.41, 5.74) is 7.25. The van der Waals surface area contributed by atoms with Crippen LogP contribution in [-0.4, -0.2) is 0 Å². The van der Waals surface area contributed by atoms with Crippen LogP contribution in [0.4, 0.5) is 0 Å². The Labute approximate surface area is 178 Å². The number of nitrogens with zero attached hydrogens (tertiary/aromatic N) is 1. The van der Waals surface area contributed by atoms with Gasteiger partial charge in [0.25, 0.3) is 0 Å². The molecule has 0 aliphatic carbocycles. The molecule has 6 aromatic rings. The van der Waals surface area contributed by atoms with Crippen LogP contribution in [0.2, 0.25) is 0 Å². The Morgan fingerprint density at radius 1 is 0.733 bits per heavy atom. The van der Waals surface area contributed by atoms with Gasteiger partial charge in [-0.25, -0.2) is 4.57 Å². The standard InChI is InChI=1S/C27H22NO2/c1-15-9-10-19-21-12-20-18-7-5-6-8-23(18)29-24(20)13-25(21)30-27(19)26(15)22-11-16(2)17(3)14-28(22)4/h5-14H,1-4H3/q+1/i3D3. The molecule has 0 saturated carbocycles. The largest absolute Gasteiger partial charge is 0.456 e. The van der Waals surface area contributed by atoms with Gasteiger partial charge >= 0.3 is 0 Å². The maximum absolute atomic E-state index is 7.84. The fourth-order valence-corrected chi connectivity index (χ4v) is 4.47. The molecule has 3 heterocycles. The average molecular weight is 395 g/mol. The van der Waals surface area contributed by atoms with E-state index in [4.69, 9.17) is 12.9 Å². The molecular weight excluding hydrogens is 370 g/mol. The average Bonchev–Trinajstić information content (AvgIpc) is 3.30. The Bertz CT molecular complexity index is 1740. The Morgan fingerprint density at radius 2 is 1.53 bits per heavy atom. The summed E-state index contributed by atoms with van der Waals surface area (Å²) in [6, 6.07) is 18.3. The summed E-state index contributed by atoms with van der Waals surface area (Å²) >= 11 is 0. The minimum atomic E-state index is -2.16.